The van der Waals surface area contributed by atoms with E-state index >= 15 is 0 Å². The van der Waals surface area contributed by atoms with Crippen LogP contribution in [0.4, 0.5) is 5.13 Å². The van der Waals surface area contributed by atoms with Crippen LogP contribution in [0.5, 0.6) is 23.0 Å². The van der Waals surface area contributed by atoms with Crippen molar-refractivity contribution in [2.75, 3.05) is 32.8 Å². The maximum absolute atomic E-state index is 13.8. The summed E-state index contributed by atoms with van der Waals surface area (Å²) in [4.78, 5) is 29.0. The third kappa shape index (κ3) is 3.63. The molecule has 0 N–H and O–H groups in total. The Hall–Kier alpha value is -4.12. The number of aromatic nitrogens is 2. The number of rotatable bonds is 7. The fourth-order valence-electron chi connectivity index (χ4n) is 4.36. The van der Waals surface area contributed by atoms with Crippen molar-refractivity contribution in [1.29, 1.82) is 0 Å². The Balaban J connectivity index is 1.80. The highest BCUT2D eigenvalue weighted by Gasteiger charge is 2.45. The smallest absolute Gasteiger partial charge is 0.297 e. The molecule has 0 saturated heterocycles. The largest absolute Gasteiger partial charge is 0.494 e. The van der Waals surface area contributed by atoms with E-state index in [4.69, 9.17) is 23.4 Å². The van der Waals surface area contributed by atoms with Crippen molar-refractivity contribution in [3.63, 3.8) is 0 Å². The highest BCUT2D eigenvalue weighted by Crippen LogP contribution is 2.46. The van der Waals surface area contributed by atoms with E-state index in [-0.39, 0.29) is 22.3 Å². The second-order valence-corrected chi connectivity index (χ2v) is 9.07. The highest BCUT2D eigenvalue weighted by atomic mass is 32.1. The first-order valence-corrected chi connectivity index (χ1v) is 11.9. The van der Waals surface area contributed by atoms with E-state index in [0.29, 0.717) is 50.7 Å². The number of benzene rings is 2. The van der Waals surface area contributed by atoms with Crippen molar-refractivity contribution in [3.8, 4) is 23.0 Å². The molecule has 36 heavy (non-hydrogen) atoms. The number of amides is 1. The van der Waals surface area contributed by atoms with Crippen LogP contribution in [0.1, 0.15) is 39.7 Å². The van der Waals surface area contributed by atoms with E-state index in [1.54, 1.807) is 37.3 Å². The Kier molecular flexibility index (Phi) is 6.00. The first-order valence-electron chi connectivity index (χ1n) is 11.1. The third-order valence-corrected chi connectivity index (χ3v) is 6.72. The number of hydrogen-bond donors (Lipinski definition) is 0. The monoisotopic (exact) mass is 509 g/mol. The van der Waals surface area contributed by atoms with Gasteiger partial charge in [-0.3, -0.25) is 14.5 Å². The summed E-state index contributed by atoms with van der Waals surface area (Å²) in [6.45, 7) is 4.10. The molecule has 1 aliphatic heterocycles. The Morgan fingerprint density at radius 2 is 1.75 bits per heavy atom. The van der Waals surface area contributed by atoms with Gasteiger partial charge in [0, 0.05) is 6.07 Å². The molecule has 1 unspecified atom stereocenters. The van der Waals surface area contributed by atoms with E-state index in [9.17, 15) is 9.59 Å². The van der Waals surface area contributed by atoms with Gasteiger partial charge in [-0.15, -0.1) is 10.2 Å². The molecule has 5 rings (SSSR count). The van der Waals surface area contributed by atoms with Crippen molar-refractivity contribution in [1.82, 2.24) is 10.2 Å². The number of carbonyl (C=O) groups is 1. The molecular weight excluding hydrogens is 486 g/mol. The predicted octanol–water partition coefficient (Wildman–Crippen LogP) is 4.13. The van der Waals surface area contributed by atoms with Crippen LogP contribution in [0.25, 0.3) is 11.0 Å². The molecule has 3 heterocycles. The van der Waals surface area contributed by atoms with Crippen molar-refractivity contribution < 1.29 is 28.2 Å². The summed E-state index contributed by atoms with van der Waals surface area (Å²) in [7, 11) is 4.50. The molecule has 0 saturated carbocycles. The zero-order valence-corrected chi connectivity index (χ0v) is 21.1. The van der Waals surface area contributed by atoms with Gasteiger partial charge in [-0.05, 0) is 43.7 Å². The van der Waals surface area contributed by atoms with Gasteiger partial charge in [-0.25, -0.2) is 0 Å². The Bertz CT molecular complexity index is 1520. The number of methoxy groups -OCH3 is 3. The summed E-state index contributed by atoms with van der Waals surface area (Å²) < 4.78 is 28.1. The van der Waals surface area contributed by atoms with Gasteiger partial charge < -0.3 is 23.4 Å². The van der Waals surface area contributed by atoms with Crippen LogP contribution >= 0.6 is 11.3 Å². The van der Waals surface area contributed by atoms with Gasteiger partial charge in [0.05, 0.1) is 44.9 Å². The van der Waals surface area contributed by atoms with E-state index in [1.807, 2.05) is 6.92 Å². The van der Waals surface area contributed by atoms with Gasteiger partial charge in [0.15, 0.2) is 16.9 Å². The number of hydrogen-bond acceptors (Lipinski definition) is 10. The zero-order valence-electron chi connectivity index (χ0n) is 20.3. The van der Waals surface area contributed by atoms with Crippen molar-refractivity contribution >= 4 is 33.3 Å². The first-order chi connectivity index (χ1) is 17.4. The van der Waals surface area contributed by atoms with Gasteiger partial charge in [0.2, 0.25) is 16.6 Å². The zero-order chi connectivity index (χ0) is 25.6. The fraction of sp³-hybridized carbons (Fsp3) is 0.280. The van der Waals surface area contributed by atoms with Crippen molar-refractivity contribution in [2.24, 2.45) is 0 Å². The molecular formula is C25H23N3O7S. The van der Waals surface area contributed by atoms with Gasteiger partial charge in [0.1, 0.15) is 16.3 Å². The van der Waals surface area contributed by atoms with Crippen molar-refractivity contribution in [3.05, 3.63) is 62.4 Å². The molecule has 186 valence electrons. The molecule has 10 nitrogen and oxygen atoms in total. The van der Waals surface area contributed by atoms with Gasteiger partial charge in [0.25, 0.3) is 5.91 Å². The van der Waals surface area contributed by atoms with E-state index < -0.39 is 11.9 Å². The second-order valence-electron chi connectivity index (χ2n) is 7.90. The van der Waals surface area contributed by atoms with Gasteiger partial charge >= 0.3 is 0 Å². The van der Waals surface area contributed by atoms with E-state index in [0.717, 1.165) is 0 Å². The lowest BCUT2D eigenvalue weighted by Crippen LogP contribution is -2.29. The summed E-state index contributed by atoms with van der Waals surface area (Å²) in [6.07, 6.45) is 0. The van der Waals surface area contributed by atoms with Crippen LogP contribution in [-0.2, 0) is 0 Å². The van der Waals surface area contributed by atoms with Crippen LogP contribution < -0.4 is 29.3 Å². The molecule has 11 heteroatoms. The van der Waals surface area contributed by atoms with Crippen LogP contribution in [-0.4, -0.2) is 44.0 Å². The minimum absolute atomic E-state index is 0.0623. The maximum Gasteiger partial charge on any atom is 0.297 e. The lowest BCUT2D eigenvalue weighted by molar-refractivity contribution is 0.0970. The lowest BCUT2D eigenvalue weighted by Gasteiger charge is -2.24. The van der Waals surface area contributed by atoms with Gasteiger partial charge in [-0.2, -0.15) is 0 Å². The SMILES string of the molecule is CCOc1ccc2c(=O)c3c(oc2c1)C(=O)N(c1nnc(C)s1)C3c1cc(OC)c(OC)c(OC)c1. The molecule has 2 aromatic carbocycles. The molecule has 0 radical (unpaired) electrons. The van der Waals surface area contributed by atoms with Crippen LogP contribution in [0.2, 0.25) is 0 Å². The highest BCUT2D eigenvalue weighted by molar-refractivity contribution is 7.15. The molecule has 0 spiro atoms. The Labute approximate surface area is 210 Å². The maximum atomic E-state index is 13.8. The summed E-state index contributed by atoms with van der Waals surface area (Å²) in [5.41, 5.74) is 0.683. The molecule has 2 aromatic heterocycles. The second kappa shape index (κ2) is 9.15. The summed E-state index contributed by atoms with van der Waals surface area (Å²) in [6, 6.07) is 7.50. The van der Waals surface area contributed by atoms with E-state index in [2.05, 4.69) is 10.2 Å². The van der Waals surface area contributed by atoms with Crippen LogP contribution in [0.15, 0.2) is 39.5 Å². The summed E-state index contributed by atoms with van der Waals surface area (Å²) in [5.74, 6) is 1.13. The molecule has 1 amide bonds. The number of nitrogens with zero attached hydrogens (tertiary/aromatic N) is 3. The minimum Gasteiger partial charge on any atom is -0.494 e. The number of anilines is 1. The van der Waals surface area contributed by atoms with Crippen LogP contribution in [0.3, 0.4) is 0 Å². The number of aryl methyl sites for hydroxylation is 1. The Morgan fingerprint density at radius 1 is 1.03 bits per heavy atom. The lowest BCUT2D eigenvalue weighted by atomic mass is 9.97. The molecule has 0 fully saturated rings. The molecule has 0 aliphatic carbocycles. The first kappa shape index (κ1) is 23.6. The topological polar surface area (TPSA) is 113 Å². The third-order valence-electron chi connectivity index (χ3n) is 5.88. The molecule has 1 aliphatic rings. The number of fused-ring (bicyclic) bond motifs is 2. The normalized spacial score (nSPS) is 14.8. The average Bonchev–Trinajstić information content (AvgIpc) is 3.43. The van der Waals surface area contributed by atoms with E-state index in [1.165, 1.54) is 37.6 Å². The standard InChI is InChI=1S/C25H23N3O7S/c1-6-34-14-7-8-15-16(11-14)35-23-19(21(15)29)20(28(24(23)30)25-27-26-12(2)36-25)13-9-17(31-3)22(33-5)18(10-13)32-4/h7-11,20H,6H2,1-5H3. The van der Waals surface area contributed by atoms with Gasteiger partial charge in [-0.1, -0.05) is 11.3 Å². The molecule has 4 aromatic rings. The summed E-state index contributed by atoms with van der Waals surface area (Å²) >= 11 is 1.24. The molecule has 0 bridgehead atoms. The Morgan fingerprint density at radius 3 is 2.33 bits per heavy atom. The summed E-state index contributed by atoms with van der Waals surface area (Å²) in [5, 5.41) is 9.59. The fourth-order valence-corrected chi connectivity index (χ4v) is 5.08. The quantitative estimate of drug-likeness (QED) is 0.363. The number of carbonyl (C=O) groups excluding carboxylic acids is 1. The van der Waals surface area contributed by atoms with Crippen LogP contribution in [0, 0.1) is 6.92 Å². The number of ether oxygens (including phenoxy) is 4. The van der Waals surface area contributed by atoms with Crippen molar-refractivity contribution in [2.45, 2.75) is 19.9 Å². The molecule has 1 atom stereocenters. The average molecular weight is 510 g/mol. The minimum atomic E-state index is -0.860. The predicted molar refractivity (Wildman–Crippen MR) is 133 cm³/mol.